The second-order valence-corrected chi connectivity index (χ2v) is 7.85. The number of urea groups is 1. The smallest absolute Gasteiger partial charge is 0.313 e. The van der Waals surface area contributed by atoms with Gasteiger partial charge < -0.3 is 25.8 Å². The summed E-state index contributed by atoms with van der Waals surface area (Å²) in [5.41, 5.74) is 4.34. The van der Waals surface area contributed by atoms with E-state index in [1.165, 1.54) is 19.3 Å². The Bertz CT molecular complexity index is 504. The van der Waals surface area contributed by atoms with Crippen LogP contribution in [0.2, 0.25) is 0 Å². The van der Waals surface area contributed by atoms with Crippen LogP contribution < -0.4 is 16.4 Å². The molecular weight excluding hydrogens is 350 g/mol. The van der Waals surface area contributed by atoms with Crippen molar-refractivity contribution >= 4 is 17.9 Å². The van der Waals surface area contributed by atoms with Crippen LogP contribution in [-0.4, -0.2) is 49.8 Å². The summed E-state index contributed by atoms with van der Waals surface area (Å²) in [6.45, 7) is 7.74. The molecule has 0 aromatic heterocycles. The summed E-state index contributed by atoms with van der Waals surface area (Å²) >= 11 is 0. The zero-order valence-electron chi connectivity index (χ0n) is 17.0. The first-order valence-corrected chi connectivity index (χ1v) is 9.80. The van der Waals surface area contributed by atoms with Gasteiger partial charge >= 0.3 is 12.0 Å². The van der Waals surface area contributed by atoms with Crippen LogP contribution in [0.3, 0.4) is 0 Å². The third-order valence-corrected chi connectivity index (χ3v) is 4.90. The van der Waals surface area contributed by atoms with Crippen molar-refractivity contribution < 1.29 is 23.9 Å². The van der Waals surface area contributed by atoms with E-state index in [2.05, 4.69) is 10.6 Å². The molecule has 156 valence electrons. The van der Waals surface area contributed by atoms with E-state index < -0.39 is 35.5 Å². The van der Waals surface area contributed by atoms with Crippen LogP contribution in [0, 0.1) is 11.3 Å². The van der Waals surface area contributed by atoms with Gasteiger partial charge in [0, 0.05) is 13.2 Å². The predicted octanol–water partition coefficient (Wildman–Crippen LogP) is 1.71. The Labute approximate surface area is 161 Å². The number of nitrogens with two attached hydrogens (primary N) is 1. The SMILES string of the molecule is CCOC(=O)C(C)(C)CNC(=O)C(NC(N)=O)C(C)OCC1CCCCC1. The molecule has 0 aromatic carbocycles. The number of carbonyl (C=O) groups excluding carboxylic acids is 3. The zero-order valence-corrected chi connectivity index (χ0v) is 17.0. The third kappa shape index (κ3) is 8.15. The molecule has 1 aliphatic carbocycles. The van der Waals surface area contributed by atoms with E-state index in [0.29, 0.717) is 12.5 Å². The first-order valence-electron chi connectivity index (χ1n) is 9.80. The van der Waals surface area contributed by atoms with Gasteiger partial charge in [-0.1, -0.05) is 19.3 Å². The summed E-state index contributed by atoms with van der Waals surface area (Å²) in [7, 11) is 0. The molecule has 0 aliphatic heterocycles. The molecule has 4 N–H and O–H groups in total. The highest BCUT2D eigenvalue weighted by molar-refractivity contribution is 5.87. The molecule has 0 spiro atoms. The summed E-state index contributed by atoms with van der Waals surface area (Å²) in [4.78, 5) is 35.9. The van der Waals surface area contributed by atoms with Crippen molar-refractivity contribution in [3.05, 3.63) is 0 Å². The van der Waals surface area contributed by atoms with Crippen molar-refractivity contribution in [1.82, 2.24) is 10.6 Å². The van der Waals surface area contributed by atoms with Crippen LogP contribution >= 0.6 is 0 Å². The van der Waals surface area contributed by atoms with Crippen LogP contribution in [0.1, 0.15) is 59.8 Å². The van der Waals surface area contributed by atoms with E-state index >= 15 is 0 Å². The van der Waals surface area contributed by atoms with E-state index in [1.807, 2.05) is 0 Å². The van der Waals surface area contributed by atoms with E-state index in [0.717, 1.165) is 12.8 Å². The molecule has 1 aliphatic rings. The Morgan fingerprint density at radius 3 is 2.37 bits per heavy atom. The highest BCUT2D eigenvalue weighted by Gasteiger charge is 2.33. The summed E-state index contributed by atoms with van der Waals surface area (Å²) in [5.74, 6) is -0.352. The lowest BCUT2D eigenvalue weighted by atomic mass is 9.90. The van der Waals surface area contributed by atoms with Gasteiger partial charge in [0.05, 0.1) is 18.1 Å². The number of esters is 1. The molecule has 0 bridgehead atoms. The van der Waals surface area contributed by atoms with Crippen LogP contribution in [0.5, 0.6) is 0 Å². The molecule has 8 nitrogen and oxygen atoms in total. The molecule has 8 heteroatoms. The van der Waals surface area contributed by atoms with E-state index in [9.17, 15) is 14.4 Å². The van der Waals surface area contributed by atoms with E-state index in [1.54, 1.807) is 27.7 Å². The molecule has 0 saturated heterocycles. The predicted molar refractivity (Wildman–Crippen MR) is 102 cm³/mol. The summed E-state index contributed by atoms with van der Waals surface area (Å²) in [6.07, 6.45) is 5.38. The minimum absolute atomic E-state index is 0.0803. The van der Waals surface area contributed by atoms with Gasteiger partial charge in [-0.2, -0.15) is 0 Å². The molecule has 0 aromatic rings. The second-order valence-electron chi connectivity index (χ2n) is 7.85. The summed E-state index contributed by atoms with van der Waals surface area (Å²) in [5, 5.41) is 5.14. The molecule has 3 amide bonds. The van der Waals surface area contributed by atoms with Crippen molar-refractivity contribution in [2.45, 2.75) is 71.9 Å². The largest absolute Gasteiger partial charge is 0.466 e. The average molecular weight is 386 g/mol. The number of amides is 3. The van der Waals surface area contributed by atoms with Crippen molar-refractivity contribution in [2.75, 3.05) is 19.8 Å². The number of rotatable bonds is 10. The van der Waals surface area contributed by atoms with Crippen molar-refractivity contribution in [1.29, 1.82) is 0 Å². The number of hydrogen-bond acceptors (Lipinski definition) is 5. The van der Waals surface area contributed by atoms with Gasteiger partial charge in [0.15, 0.2) is 0 Å². The van der Waals surface area contributed by atoms with Crippen LogP contribution in [0.15, 0.2) is 0 Å². The lowest BCUT2D eigenvalue weighted by Crippen LogP contribution is -2.56. The number of primary amides is 1. The van der Waals surface area contributed by atoms with Crippen LogP contribution in [0.4, 0.5) is 4.79 Å². The fraction of sp³-hybridized carbons (Fsp3) is 0.842. The Balaban J connectivity index is 2.61. The number of hydrogen-bond donors (Lipinski definition) is 3. The normalized spacial score (nSPS) is 17.6. The van der Waals surface area contributed by atoms with Gasteiger partial charge in [-0.05, 0) is 46.5 Å². The van der Waals surface area contributed by atoms with Crippen LogP contribution in [-0.2, 0) is 19.1 Å². The lowest BCUT2D eigenvalue weighted by Gasteiger charge is -2.29. The fourth-order valence-electron chi connectivity index (χ4n) is 3.10. The molecular formula is C19H35N3O5. The van der Waals surface area contributed by atoms with Crippen molar-refractivity contribution in [3.8, 4) is 0 Å². The highest BCUT2D eigenvalue weighted by atomic mass is 16.5. The molecule has 1 rings (SSSR count). The minimum Gasteiger partial charge on any atom is -0.466 e. The zero-order chi connectivity index (χ0) is 20.4. The van der Waals surface area contributed by atoms with Crippen LogP contribution in [0.25, 0.3) is 0 Å². The van der Waals surface area contributed by atoms with E-state index in [-0.39, 0.29) is 13.2 Å². The van der Waals surface area contributed by atoms with Gasteiger partial charge in [-0.3, -0.25) is 9.59 Å². The first-order chi connectivity index (χ1) is 12.7. The van der Waals surface area contributed by atoms with Gasteiger partial charge in [0.25, 0.3) is 0 Å². The molecule has 2 atom stereocenters. The monoisotopic (exact) mass is 385 g/mol. The second kappa shape index (κ2) is 11.1. The Morgan fingerprint density at radius 1 is 1.19 bits per heavy atom. The summed E-state index contributed by atoms with van der Waals surface area (Å²) in [6, 6.07) is -1.72. The molecule has 2 unspecified atom stereocenters. The molecule has 0 radical (unpaired) electrons. The standard InChI is InChI=1S/C19H35N3O5/c1-5-26-17(24)19(3,4)12-21-16(23)15(22-18(20)25)13(2)27-11-14-9-7-6-8-10-14/h13-15H,5-12H2,1-4H3,(H,21,23)(H3,20,22,25). The number of ether oxygens (including phenoxy) is 2. The first kappa shape index (κ1) is 23.2. The topological polar surface area (TPSA) is 120 Å². The summed E-state index contributed by atoms with van der Waals surface area (Å²) < 4.78 is 10.9. The Hall–Kier alpha value is -1.83. The Kier molecular flexibility index (Phi) is 9.55. The quantitative estimate of drug-likeness (QED) is 0.495. The maximum atomic E-state index is 12.6. The van der Waals surface area contributed by atoms with E-state index in [4.69, 9.17) is 15.2 Å². The number of nitrogens with one attached hydrogen (secondary N) is 2. The number of carbonyl (C=O) groups is 3. The fourth-order valence-corrected chi connectivity index (χ4v) is 3.10. The Morgan fingerprint density at radius 2 is 1.81 bits per heavy atom. The molecule has 1 saturated carbocycles. The maximum absolute atomic E-state index is 12.6. The van der Waals surface area contributed by atoms with Gasteiger partial charge in [0.1, 0.15) is 6.04 Å². The molecule has 27 heavy (non-hydrogen) atoms. The van der Waals surface area contributed by atoms with Gasteiger partial charge in [-0.25, -0.2) is 4.79 Å². The van der Waals surface area contributed by atoms with Crippen molar-refractivity contribution in [2.24, 2.45) is 17.1 Å². The minimum atomic E-state index is -0.927. The lowest BCUT2D eigenvalue weighted by molar-refractivity contribution is -0.153. The van der Waals surface area contributed by atoms with Gasteiger partial charge in [-0.15, -0.1) is 0 Å². The van der Waals surface area contributed by atoms with Gasteiger partial charge in [0.2, 0.25) is 5.91 Å². The maximum Gasteiger partial charge on any atom is 0.313 e. The molecule has 0 heterocycles. The average Bonchev–Trinajstić information content (AvgIpc) is 2.63. The molecule has 1 fully saturated rings. The third-order valence-electron chi connectivity index (χ3n) is 4.90. The van der Waals surface area contributed by atoms with Crippen molar-refractivity contribution in [3.63, 3.8) is 0 Å². The highest BCUT2D eigenvalue weighted by Crippen LogP contribution is 2.24.